The van der Waals surface area contributed by atoms with Crippen molar-refractivity contribution in [2.24, 2.45) is 16.5 Å². The molecule has 10 heavy (non-hydrogen) atoms. The molecule has 56 valence electrons. The summed E-state index contributed by atoms with van der Waals surface area (Å²) in [6.45, 7) is 1.79. The topological polar surface area (TPSA) is 67.6 Å². The predicted molar refractivity (Wildman–Crippen MR) is 41.4 cm³/mol. The van der Waals surface area contributed by atoms with Crippen LogP contribution >= 0.6 is 0 Å². The van der Waals surface area contributed by atoms with E-state index >= 15 is 0 Å². The lowest BCUT2D eigenvalue weighted by Gasteiger charge is -2.19. The van der Waals surface area contributed by atoms with E-state index in [-0.39, 0.29) is 0 Å². The third-order valence-corrected chi connectivity index (χ3v) is 1.35. The first-order chi connectivity index (χ1) is 4.86. The number of aliphatic imine (C=N–C) groups is 1. The van der Waals surface area contributed by atoms with Gasteiger partial charge in [0.05, 0.1) is 18.9 Å². The van der Waals surface area contributed by atoms with Gasteiger partial charge in [0, 0.05) is 19.0 Å². The minimum Gasteiger partial charge on any atom is -0.358 e. The molecule has 1 aliphatic heterocycles. The van der Waals surface area contributed by atoms with Crippen molar-refractivity contribution < 1.29 is 0 Å². The molecule has 4 nitrogen and oxygen atoms in total. The van der Waals surface area contributed by atoms with E-state index in [1.165, 1.54) is 0 Å². The molecule has 4 N–H and O–H groups in total. The van der Waals surface area contributed by atoms with Crippen molar-refractivity contribution in [3.05, 3.63) is 11.9 Å². The van der Waals surface area contributed by atoms with Gasteiger partial charge in [-0.2, -0.15) is 0 Å². The lowest BCUT2D eigenvalue weighted by molar-refractivity contribution is 0.433. The first-order valence-corrected chi connectivity index (χ1v) is 3.24. The third kappa shape index (κ3) is 1.55. The summed E-state index contributed by atoms with van der Waals surface area (Å²) in [5, 5.41) is 0. The second kappa shape index (κ2) is 3.34. The average molecular weight is 140 g/mol. The molecule has 0 radical (unpaired) electrons. The first-order valence-electron chi connectivity index (χ1n) is 3.24. The molecule has 0 atom stereocenters. The van der Waals surface area contributed by atoms with Gasteiger partial charge in [-0.25, -0.2) is 0 Å². The fourth-order valence-electron chi connectivity index (χ4n) is 0.792. The summed E-state index contributed by atoms with van der Waals surface area (Å²) in [6.07, 6.45) is 3.70. The fraction of sp³-hybridized carbons (Fsp3) is 0.500. The quantitative estimate of drug-likeness (QED) is 0.521. The Bertz CT molecular complexity index is 161. The molecule has 0 saturated heterocycles. The van der Waals surface area contributed by atoms with Gasteiger partial charge >= 0.3 is 0 Å². The summed E-state index contributed by atoms with van der Waals surface area (Å²) in [5.74, 6) is 0. The van der Waals surface area contributed by atoms with E-state index < -0.39 is 0 Å². The Hall–Kier alpha value is -0.870. The van der Waals surface area contributed by atoms with Crippen LogP contribution in [0, 0.1) is 0 Å². The van der Waals surface area contributed by atoms with Crippen molar-refractivity contribution in [1.29, 1.82) is 0 Å². The Labute approximate surface area is 60.2 Å². The first kappa shape index (κ1) is 7.24. The lowest BCUT2D eigenvalue weighted by Crippen LogP contribution is -2.29. The van der Waals surface area contributed by atoms with Gasteiger partial charge in [-0.3, -0.25) is 4.99 Å². The van der Waals surface area contributed by atoms with Gasteiger partial charge in [0.25, 0.3) is 0 Å². The van der Waals surface area contributed by atoms with Crippen molar-refractivity contribution in [2.75, 3.05) is 19.8 Å². The van der Waals surface area contributed by atoms with Gasteiger partial charge < -0.3 is 16.4 Å². The fourth-order valence-corrected chi connectivity index (χ4v) is 0.792. The molecule has 0 aromatic heterocycles. The summed E-state index contributed by atoms with van der Waals surface area (Å²) in [7, 11) is 0. The molecular formula is C6H12N4. The number of hydrogen-bond acceptors (Lipinski definition) is 4. The van der Waals surface area contributed by atoms with Crippen molar-refractivity contribution in [3.63, 3.8) is 0 Å². The molecule has 0 aromatic rings. The minimum atomic E-state index is 0.479. The maximum absolute atomic E-state index is 5.40. The summed E-state index contributed by atoms with van der Waals surface area (Å²) in [5.41, 5.74) is 11.7. The van der Waals surface area contributed by atoms with Crippen LogP contribution in [0.3, 0.4) is 0 Å². The number of nitrogens with two attached hydrogens (primary N) is 2. The van der Waals surface area contributed by atoms with Gasteiger partial charge in [-0.1, -0.05) is 0 Å². The van der Waals surface area contributed by atoms with Gasteiger partial charge in [0.2, 0.25) is 0 Å². The largest absolute Gasteiger partial charge is 0.358 e. The molecule has 0 unspecified atom stereocenters. The van der Waals surface area contributed by atoms with E-state index in [0.29, 0.717) is 13.2 Å². The minimum absolute atomic E-state index is 0.479. The van der Waals surface area contributed by atoms with E-state index in [2.05, 4.69) is 4.99 Å². The van der Waals surface area contributed by atoms with Crippen LogP contribution < -0.4 is 11.5 Å². The van der Waals surface area contributed by atoms with E-state index in [1.54, 1.807) is 0 Å². The summed E-state index contributed by atoms with van der Waals surface area (Å²) < 4.78 is 0. The third-order valence-electron chi connectivity index (χ3n) is 1.35. The van der Waals surface area contributed by atoms with Crippen molar-refractivity contribution in [3.8, 4) is 0 Å². The van der Waals surface area contributed by atoms with E-state index in [9.17, 15) is 0 Å². The smallest absolute Gasteiger partial charge is 0.0695 e. The average Bonchev–Trinajstić information content (AvgIpc) is 2.05. The lowest BCUT2D eigenvalue weighted by atomic mass is 10.4. The van der Waals surface area contributed by atoms with Gasteiger partial charge in [0.1, 0.15) is 0 Å². The van der Waals surface area contributed by atoms with Crippen LogP contribution in [0.25, 0.3) is 0 Å². The summed E-state index contributed by atoms with van der Waals surface area (Å²) in [4.78, 5) is 6.01. The SMILES string of the molecule is NCC1=CN(CN)CC=N1. The van der Waals surface area contributed by atoms with Gasteiger partial charge in [0.15, 0.2) is 0 Å². The zero-order valence-corrected chi connectivity index (χ0v) is 5.83. The predicted octanol–water partition coefficient (Wildman–Crippen LogP) is -0.911. The van der Waals surface area contributed by atoms with Crippen molar-refractivity contribution in [2.45, 2.75) is 0 Å². The Morgan fingerprint density at radius 2 is 2.40 bits per heavy atom. The number of hydrogen-bond donors (Lipinski definition) is 2. The van der Waals surface area contributed by atoms with E-state index in [0.717, 1.165) is 12.2 Å². The van der Waals surface area contributed by atoms with Crippen LogP contribution in [0.5, 0.6) is 0 Å². The molecule has 0 bridgehead atoms. The Morgan fingerprint density at radius 3 is 3.00 bits per heavy atom. The van der Waals surface area contributed by atoms with Gasteiger partial charge in [-0.15, -0.1) is 0 Å². The standard InChI is InChI=1S/C6H12N4/c7-3-6-4-10(5-8)2-1-9-6/h1,4H,2-3,5,7-8H2. The van der Waals surface area contributed by atoms with Crippen molar-refractivity contribution in [1.82, 2.24) is 4.90 Å². The Kier molecular flexibility index (Phi) is 2.42. The highest BCUT2D eigenvalue weighted by atomic mass is 15.2. The second-order valence-corrected chi connectivity index (χ2v) is 2.09. The zero-order chi connectivity index (χ0) is 7.40. The van der Waals surface area contributed by atoms with Crippen LogP contribution in [-0.4, -0.2) is 30.9 Å². The highest BCUT2D eigenvalue weighted by molar-refractivity contribution is 5.62. The molecule has 0 aromatic carbocycles. The number of nitrogens with zero attached hydrogens (tertiary/aromatic N) is 2. The monoisotopic (exact) mass is 140 g/mol. The van der Waals surface area contributed by atoms with E-state index in [1.807, 2.05) is 17.3 Å². The molecular weight excluding hydrogens is 128 g/mol. The highest BCUT2D eigenvalue weighted by Crippen LogP contribution is 2.00. The molecule has 0 saturated carbocycles. The zero-order valence-electron chi connectivity index (χ0n) is 5.83. The van der Waals surface area contributed by atoms with Gasteiger partial charge in [-0.05, 0) is 0 Å². The normalized spacial score (nSPS) is 17.4. The van der Waals surface area contributed by atoms with Crippen LogP contribution in [0.1, 0.15) is 0 Å². The molecule has 1 aliphatic rings. The highest BCUT2D eigenvalue weighted by Gasteiger charge is 2.01. The maximum atomic E-state index is 5.40. The van der Waals surface area contributed by atoms with E-state index in [4.69, 9.17) is 11.5 Å². The molecule has 4 heteroatoms. The Morgan fingerprint density at radius 1 is 1.60 bits per heavy atom. The molecule has 1 rings (SSSR count). The molecule has 0 amide bonds. The maximum Gasteiger partial charge on any atom is 0.0695 e. The molecule has 0 spiro atoms. The molecule has 0 fully saturated rings. The Balaban J connectivity index is 2.56. The van der Waals surface area contributed by atoms with Crippen LogP contribution in [0.15, 0.2) is 16.9 Å². The molecule has 1 heterocycles. The summed E-state index contributed by atoms with van der Waals surface area (Å²) in [6, 6.07) is 0. The van der Waals surface area contributed by atoms with Crippen LogP contribution in [0.2, 0.25) is 0 Å². The van der Waals surface area contributed by atoms with Crippen LogP contribution in [-0.2, 0) is 0 Å². The molecule has 0 aliphatic carbocycles. The number of rotatable bonds is 2. The van der Waals surface area contributed by atoms with Crippen LogP contribution in [0.4, 0.5) is 0 Å². The van der Waals surface area contributed by atoms with Crippen molar-refractivity contribution >= 4 is 6.21 Å². The summed E-state index contributed by atoms with van der Waals surface area (Å²) >= 11 is 0. The second-order valence-electron chi connectivity index (χ2n) is 2.09.